The van der Waals surface area contributed by atoms with Gasteiger partial charge in [-0.1, -0.05) is 42.5 Å². The van der Waals surface area contributed by atoms with Crippen LogP contribution in [0.4, 0.5) is 5.69 Å². The van der Waals surface area contributed by atoms with Gasteiger partial charge < -0.3 is 5.32 Å². The Bertz CT molecular complexity index is 831. The Balaban J connectivity index is 1.87. The van der Waals surface area contributed by atoms with Gasteiger partial charge in [0.1, 0.15) is 0 Å². The van der Waals surface area contributed by atoms with Crippen molar-refractivity contribution in [2.24, 2.45) is 0 Å². The third-order valence-electron chi connectivity index (χ3n) is 4.34. The summed E-state index contributed by atoms with van der Waals surface area (Å²) in [4.78, 5) is 17.2. The summed E-state index contributed by atoms with van der Waals surface area (Å²) in [6, 6.07) is 21.5. The van der Waals surface area contributed by atoms with E-state index in [9.17, 15) is 4.79 Å². The molecule has 0 saturated heterocycles. The van der Waals surface area contributed by atoms with Gasteiger partial charge in [-0.25, -0.2) is 0 Å². The minimum absolute atomic E-state index is 0.0946. The minimum atomic E-state index is -0.242. The van der Waals surface area contributed by atoms with E-state index < -0.39 is 0 Å². The highest BCUT2D eigenvalue weighted by Gasteiger charge is 2.36. The second-order valence-electron chi connectivity index (χ2n) is 5.70. The van der Waals surface area contributed by atoms with Crippen LogP contribution in [0.3, 0.4) is 0 Å². The molecule has 112 valence electrons. The first-order valence-electron chi connectivity index (χ1n) is 7.69. The molecule has 3 heteroatoms. The predicted octanol–water partition coefficient (Wildman–Crippen LogP) is 4.21. The number of benzene rings is 2. The van der Waals surface area contributed by atoms with Crippen LogP contribution in [0.2, 0.25) is 0 Å². The molecule has 0 fully saturated rings. The molecule has 1 aliphatic heterocycles. The lowest BCUT2D eigenvalue weighted by Gasteiger charge is -2.34. The first-order chi connectivity index (χ1) is 11.3. The number of pyridine rings is 1. The topological polar surface area (TPSA) is 42.0 Å². The highest BCUT2D eigenvalue weighted by molar-refractivity contribution is 6.07. The number of Topliss-reactive ketones (excluding diaryl/α,β-unsaturated/α-hetero) is 1. The largest absolute Gasteiger partial charge is 0.377 e. The first-order valence-corrected chi connectivity index (χ1v) is 7.69. The van der Waals surface area contributed by atoms with E-state index in [4.69, 9.17) is 0 Å². The number of carbonyl (C=O) groups is 1. The summed E-state index contributed by atoms with van der Waals surface area (Å²) in [6.07, 6.45) is 3.54. The summed E-state index contributed by atoms with van der Waals surface area (Å²) >= 11 is 0. The van der Waals surface area contributed by atoms with Crippen molar-refractivity contribution in [2.45, 2.75) is 12.0 Å². The van der Waals surface area contributed by atoms with Gasteiger partial charge in [-0.2, -0.15) is 0 Å². The fourth-order valence-corrected chi connectivity index (χ4v) is 3.24. The van der Waals surface area contributed by atoms with Crippen LogP contribution in [0.15, 0.2) is 79.1 Å². The minimum Gasteiger partial charge on any atom is -0.377 e. The van der Waals surface area contributed by atoms with E-state index in [1.54, 1.807) is 12.4 Å². The Labute approximate surface area is 135 Å². The van der Waals surface area contributed by atoms with E-state index in [2.05, 4.69) is 10.3 Å². The van der Waals surface area contributed by atoms with Gasteiger partial charge in [-0.15, -0.1) is 0 Å². The molecule has 2 atom stereocenters. The van der Waals surface area contributed by atoms with Gasteiger partial charge >= 0.3 is 0 Å². The maximum Gasteiger partial charge on any atom is 0.174 e. The summed E-state index contributed by atoms with van der Waals surface area (Å²) in [5.41, 5.74) is 3.75. The van der Waals surface area contributed by atoms with Gasteiger partial charge in [-0.05, 0) is 35.4 Å². The van der Waals surface area contributed by atoms with Gasteiger partial charge in [0.25, 0.3) is 0 Å². The second-order valence-corrected chi connectivity index (χ2v) is 5.70. The summed E-state index contributed by atoms with van der Waals surface area (Å²) in [5, 5.41) is 3.54. The average Bonchev–Trinajstić information content (AvgIpc) is 2.63. The molecule has 23 heavy (non-hydrogen) atoms. The number of para-hydroxylation sites is 1. The molecule has 1 aromatic heterocycles. The maximum absolute atomic E-state index is 13.1. The highest BCUT2D eigenvalue weighted by atomic mass is 16.1. The van der Waals surface area contributed by atoms with Crippen molar-refractivity contribution < 1.29 is 4.79 Å². The lowest BCUT2D eigenvalue weighted by molar-refractivity contribution is 0.0945. The smallest absolute Gasteiger partial charge is 0.174 e. The second kappa shape index (κ2) is 5.69. The Kier molecular flexibility index (Phi) is 3.39. The van der Waals surface area contributed by atoms with E-state index >= 15 is 0 Å². The molecule has 0 saturated carbocycles. The number of nitrogens with one attached hydrogen (secondary N) is 1. The van der Waals surface area contributed by atoms with E-state index in [0.29, 0.717) is 0 Å². The molecule has 3 nitrogen and oxygen atoms in total. The first kappa shape index (κ1) is 13.7. The molecule has 3 aromatic rings. The van der Waals surface area contributed by atoms with Crippen molar-refractivity contribution in [3.05, 3.63) is 95.8 Å². The molecule has 2 unspecified atom stereocenters. The zero-order chi connectivity index (χ0) is 15.6. The fourth-order valence-electron chi connectivity index (χ4n) is 3.24. The van der Waals surface area contributed by atoms with Gasteiger partial charge in [0.05, 0.1) is 12.0 Å². The Morgan fingerprint density at radius 1 is 0.783 bits per heavy atom. The quantitative estimate of drug-likeness (QED) is 0.770. The van der Waals surface area contributed by atoms with Crippen LogP contribution in [-0.4, -0.2) is 10.8 Å². The Hall–Kier alpha value is -2.94. The molecule has 4 rings (SSSR count). The molecule has 2 heterocycles. The van der Waals surface area contributed by atoms with Crippen molar-refractivity contribution >= 4 is 11.5 Å². The molecular formula is C20H16N2O. The standard InChI is InChI=1S/C20H16N2O/c23-20-16-8-4-5-9-17(16)22-19(15-10-12-21-13-11-15)18(20)14-6-2-1-3-7-14/h1-13,18-19,22H. The van der Waals surface area contributed by atoms with Crippen molar-refractivity contribution in [1.29, 1.82) is 0 Å². The molecule has 1 aliphatic rings. The number of rotatable bonds is 2. The van der Waals surface area contributed by atoms with Crippen molar-refractivity contribution in [3.8, 4) is 0 Å². The molecule has 0 bridgehead atoms. The van der Waals surface area contributed by atoms with Crippen LogP contribution >= 0.6 is 0 Å². The molecule has 0 spiro atoms. The third-order valence-corrected chi connectivity index (χ3v) is 4.34. The van der Waals surface area contributed by atoms with Gasteiger partial charge in [0.15, 0.2) is 5.78 Å². The lowest BCUT2D eigenvalue weighted by Crippen LogP contribution is -2.31. The van der Waals surface area contributed by atoms with Crippen LogP contribution in [0, 0.1) is 0 Å². The zero-order valence-corrected chi connectivity index (χ0v) is 12.5. The number of anilines is 1. The fraction of sp³-hybridized carbons (Fsp3) is 0.100. The van der Waals surface area contributed by atoms with E-state index in [1.165, 1.54) is 0 Å². The summed E-state index contributed by atoms with van der Waals surface area (Å²) in [7, 11) is 0. The number of carbonyl (C=O) groups excluding carboxylic acids is 1. The summed E-state index contributed by atoms with van der Waals surface area (Å²) < 4.78 is 0. The van der Waals surface area contributed by atoms with Crippen LogP contribution in [0.1, 0.15) is 33.4 Å². The molecular weight excluding hydrogens is 284 g/mol. The van der Waals surface area contributed by atoms with Gasteiger partial charge in [-0.3, -0.25) is 9.78 Å². The van der Waals surface area contributed by atoms with Crippen LogP contribution < -0.4 is 5.32 Å². The number of hydrogen-bond acceptors (Lipinski definition) is 3. The van der Waals surface area contributed by atoms with Crippen molar-refractivity contribution in [2.75, 3.05) is 5.32 Å². The van der Waals surface area contributed by atoms with E-state index in [0.717, 1.165) is 22.4 Å². The number of hydrogen-bond donors (Lipinski definition) is 1. The maximum atomic E-state index is 13.1. The van der Waals surface area contributed by atoms with Crippen LogP contribution in [0.25, 0.3) is 0 Å². The lowest BCUT2D eigenvalue weighted by atomic mass is 9.78. The average molecular weight is 300 g/mol. The molecule has 0 aliphatic carbocycles. The molecule has 1 N–H and O–H groups in total. The third kappa shape index (κ3) is 2.40. The molecule has 0 amide bonds. The van der Waals surface area contributed by atoms with Gasteiger partial charge in [0.2, 0.25) is 0 Å². The highest BCUT2D eigenvalue weighted by Crippen LogP contribution is 2.41. The van der Waals surface area contributed by atoms with Crippen LogP contribution in [-0.2, 0) is 0 Å². The normalized spacial score (nSPS) is 19.7. The predicted molar refractivity (Wildman–Crippen MR) is 90.6 cm³/mol. The number of fused-ring (bicyclic) bond motifs is 1. The summed E-state index contributed by atoms with van der Waals surface area (Å²) in [5.74, 6) is -0.0825. The van der Waals surface area contributed by atoms with Crippen molar-refractivity contribution in [3.63, 3.8) is 0 Å². The molecule has 2 aromatic carbocycles. The number of nitrogens with zero attached hydrogens (tertiary/aromatic N) is 1. The molecule has 0 radical (unpaired) electrons. The number of aromatic nitrogens is 1. The Morgan fingerprint density at radius 3 is 2.26 bits per heavy atom. The number of ketones is 1. The van der Waals surface area contributed by atoms with Crippen molar-refractivity contribution in [1.82, 2.24) is 4.98 Å². The van der Waals surface area contributed by atoms with Crippen LogP contribution in [0.5, 0.6) is 0 Å². The Morgan fingerprint density at radius 2 is 1.48 bits per heavy atom. The van der Waals surface area contributed by atoms with E-state index in [-0.39, 0.29) is 17.7 Å². The zero-order valence-electron chi connectivity index (χ0n) is 12.5. The summed E-state index contributed by atoms with van der Waals surface area (Å²) in [6.45, 7) is 0. The van der Waals surface area contributed by atoms with Gasteiger partial charge in [0, 0.05) is 23.6 Å². The van der Waals surface area contributed by atoms with E-state index in [1.807, 2.05) is 66.7 Å². The SMILES string of the molecule is O=C1c2ccccc2NC(c2ccncc2)C1c1ccccc1. The monoisotopic (exact) mass is 300 g/mol.